The lowest BCUT2D eigenvalue weighted by Crippen LogP contribution is -2.22. The Morgan fingerprint density at radius 1 is 1.18 bits per heavy atom. The first-order valence-electron chi connectivity index (χ1n) is 5.65. The van der Waals surface area contributed by atoms with Gasteiger partial charge in [0, 0.05) is 23.9 Å². The molecule has 1 aliphatic heterocycles. The second-order valence-corrected chi connectivity index (χ2v) is 4.34. The number of aliphatic imine (C=N–C) groups is 1. The normalized spacial score (nSPS) is 26.4. The van der Waals surface area contributed by atoms with E-state index >= 15 is 0 Å². The van der Waals surface area contributed by atoms with Gasteiger partial charge < -0.3 is 0 Å². The Kier molecular flexibility index (Phi) is 2.25. The Bertz CT molecular complexity index is 557. The maximum Gasteiger partial charge on any atom is 0.229 e. The Balaban J connectivity index is 2.06. The fraction of sp³-hybridized carbons (Fsp3) is 0.214. The molecule has 1 aromatic rings. The minimum absolute atomic E-state index is 0.0140. The quantitative estimate of drug-likeness (QED) is 0.687. The molecule has 2 atom stereocenters. The van der Waals surface area contributed by atoms with Crippen LogP contribution in [0.1, 0.15) is 28.3 Å². The molecule has 0 amide bonds. The van der Waals surface area contributed by atoms with Crippen LogP contribution >= 0.6 is 0 Å². The fourth-order valence-electron chi connectivity index (χ4n) is 2.54. The van der Waals surface area contributed by atoms with Crippen LogP contribution in [-0.2, 0) is 4.79 Å². The first-order valence-corrected chi connectivity index (χ1v) is 5.65. The van der Waals surface area contributed by atoms with Gasteiger partial charge >= 0.3 is 0 Å². The van der Waals surface area contributed by atoms with Gasteiger partial charge in [0.25, 0.3) is 0 Å². The number of carbonyl (C=O) groups is 2. The second-order valence-electron chi connectivity index (χ2n) is 4.34. The third-order valence-electron chi connectivity index (χ3n) is 3.35. The monoisotopic (exact) mass is 225 g/mol. The van der Waals surface area contributed by atoms with Gasteiger partial charge in [-0.2, -0.15) is 0 Å². The van der Waals surface area contributed by atoms with Crippen LogP contribution in [0.2, 0.25) is 0 Å². The summed E-state index contributed by atoms with van der Waals surface area (Å²) in [6.45, 7) is 0. The van der Waals surface area contributed by atoms with Crippen molar-refractivity contribution in [1.82, 2.24) is 0 Å². The summed E-state index contributed by atoms with van der Waals surface area (Å²) in [4.78, 5) is 27.9. The molecule has 0 aromatic heterocycles. The summed E-state index contributed by atoms with van der Waals surface area (Å²) >= 11 is 0. The number of hydrogen-bond acceptors (Lipinski definition) is 3. The number of rotatable bonds is 1. The second kappa shape index (κ2) is 3.77. The number of allylic oxidation sites excluding steroid dienone is 1. The van der Waals surface area contributed by atoms with Crippen LogP contribution in [0.15, 0.2) is 41.5 Å². The predicted octanol–water partition coefficient (Wildman–Crippen LogP) is 2.14. The van der Waals surface area contributed by atoms with Crippen molar-refractivity contribution in [3.05, 3.63) is 47.7 Å². The summed E-state index contributed by atoms with van der Waals surface area (Å²) in [5.41, 5.74) is 1.42. The zero-order valence-corrected chi connectivity index (χ0v) is 9.17. The number of nitrogens with zero attached hydrogens (tertiary/aromatic N) is 1. The van der Waals surface area contributed by atoms with E-state index in [0.29, 0.717) is 5.56 Å². The Morgan fingerprint density at radius 2 is 2.00 bits per heavy atom. The number of fused-ring (bicyclic) bond motifs is 1. The third-order valence-corrected chi connectivity index (χ3v) is 3.35. The molecule has 0 fully saturated rings. The molecule has 1 heterocycles. The van der Waals surface area contributed by atoms with Crippen molar-refractivity contribution in [2.45, 2.75) is 12.3 Å². The molecule has 0 N–H and O–H groups in total. The summed E-state index contributed by atoms with van der Waals surface area (Å²) in [6.07, 6.45) is 6.20. The number of Topliss-reactive ketones (excluding diaryl/α,β-unsaturated/α-hetero) is 2. The molecule has 1 aromatic carbocycles. The van der Waals surface area contributed by atoms with Gasteiger partial charge in [0.05, 0.1) is 5.92 Å². The zero-order chi connectivity index (χ0) is 11.8. The van der Waals surface area contributed by atoms with Crippen LogP contribution in [0.5, 0.6) is 0 Å². The van der Waals surface area contributed by atoms with Crippen LogP contribution in [0, 0.1) is 5.92 Å². The van der Waals surface area contributed by atoms with Crippen molar-refractivity contribution < 1.29 is 9.59 Å². The molecule has 0 saturated heterocycles. The van der Waals surface area contributed by atoms with Gasteiger partial charge in [-0.25, -0.2) is 0 Å². The van der Waals surface area contributed by atoms with E-state index in [1.54, 1.807) is 24.5 Å². The molecule has 84 valence electrons. The molecule has 1 aliphatic carbocycles. The number of hydrogen-bond donors (Lipinski definition) is 0. The molecule has 0 bridgehead atoms. The molecule has 2 aliphatic rings. The van der Waals surface area contributed by atoms with E-state index in [1.807, 2.05) is 18.2 Å². The van der Waals surface area contributed by atoms with E-state index in [2.05, 4.69) is 4.99 Å². The average molecular weight is 225 g/mol. The Hall–Kier alpha value is -2.03. The van der Waals surface area contributed by atoms with Gasteiger partial charge in [-0.15, -0.1) is 0 Å². The highest BCUT2D eigenvalue weighted by atomic mass is 16.2. The van der Waals surface area contributed by atoms with Crippen LogP contribution in [0.4, 0.5) is 0 Å². The third kappa shape index (κ3) is 1.46. The summed E-state index contributed by atoms with van der Waals surface area (Å²) in [5, 5.41) is 0. The number of ketones is 2. The fourth-order valence-corrected chi connectivity index (χ4v) is 2.54. The van der Waals surface area contributed by atoms with Gasteiger partial charge in [0.2, 0.25) is 11.6 Å². The van der Waals surface area contributed by atoms with Gasteiger partial charge in [-0.1, -0.05) is 30.3 Å². The van der Waals surface area contributed by atoms with E-state index in [1.165, 1.54) is 0 Å². The largest absolute Gasteiger partial charge is 0.290 e. The lowest BCUT2D eigenvalue weighted by Gasteiger charge is -2.18. The molecule has 0 spiro atoms. The lowest BCUT2D eigenvalue weighted by molar-refractivity contribution is -0.116. The SMILES string of the molecule is O=C1C(=O)C(C2C=NC=CC2)c2ccccc21. The topological polar surface area (TPSA) is 46.5 Å². The molecular formula is C14H11NO2. The first kappa shape index (κ1) is 10.1. The smallest absolute Gasteiger partial charge is 0.229 e. The van der Waals surface area contributed by atoms with Crippen molar-refractivity contribution in [3.8, 4) is 0 Å². The van der Waals surface area contributed by atoms with Crippen molar-refractivity contribution >= 4 is 17.8 Å². The molecular weight excluding hydrogens is 214 g/mol. The van der Waals surface area contributed by atoms with E-state index in [4.69, 9.17) is 0 Å². The molecule has 0 radical (unpaired) electrons. The minimum atomic E-state index is -0.353. The Labute approximate surface area is 98.9 Å². The molecule has 3 nitrogen and oxygen atoms in total. The predicted molar refractivity (Wildman–Crippen MR) is 64.3 cm³/mol. The summed E-state index contributed by atoms with van der Waals surface area (Å²) in [6, 6.07) is 7.26. The van der Waals surface area contributed by atoms with E-state index in [0.717, 1.165) is 12.0 Å². The summed E-state index contributed by atoms with van der Waals surface area (Å²) in [7, 11) is 0. The highest BCUT2D eigenvalue weighted by Gasteiger charge is 2.41. The van der Waals surface area contributed by atoms with Gasteiger partial charge in [0.15, 0.2) is 0 Å². The number of carbonyl (C=O) groups excluding carboxylic acids is 2. The van der Waals surface area contributed by atoms with Crippen molar-refractivity contribution in [2.75, 3.05) is 0 Å². The molecule has 17 heavy (non-hydrogen) atoms. The van der Waals surface area contributed by atoms with Crippen LogP contribution < -0.4 is 0 Å². The maximum absolute atomic E-state index is 12.0. The van der Waals surface area contributed by atoms with Crippen LogP contribution in [-0.4, -0.2) is 17.8 Å². The average Bonchev–Trinajstić information content (AvgIpc) is 2.64. The highest BCUT2D eigenvalue weighted by Crippen LogP contribution is 2.37. The van der Waals surface area contributed by atoms with Crippen LogP contribution in [0.25, 0.3) is 0 Å². The minimum Gasteiger partial charge on any atom is -0.290 e. The van der Waals surface area contributed by atoms with Crippen molar-refractivity contribution in [1.29, 1.82) is 0 Å². The number of benzene rings is 1. The van der Waals surface area contributed by atoms with Gasteiger partial charge in [-0.05, 0) is 12.0 Å². The van der Waals surface area contributed by atoms with Crippen LogP contribution in [0.3, 0.4) is 0 Å². The molecule has 3 heteroatoms. The molecule has 3 rings (SSSR count). The van der Waals surface area contributed by atoms with E-state index in [-0.39, 0.29) is 23.4 Å². The van der Waals surface area contributed by atoms with Crippen molar-refractivity contribution in [3.63, 3.8) is 0 Å². The van der Waals surface area contributed by atoms with Gasteiger partial charge in [-0.3, -0.25) is 14.6 Å². The van der Waals surface area contributed by atoms with Gasteiger partial charge in [0.1, 0.15) is 0 Å². The van der Waals surface area contributed by atoms with E-state index in [9.17, 15) is 9.59 Å². The van der Waals surface area contributed by atoms with Crippen molar-refractivity contribution in [2.24, 2.45) is 10.9 Å². The zero-order valence-electron chi connectivity index (χ0n) is 9.17. The molecule has 2 unspecified atom stereocenters. The van der Waals surface area contributed by atoms with E-state index < -0.39 is 0 Å². The standard InChI is InChI=1S/C14H11NO2/c16-13-11-6-2-1-5-10(11)12(14(13)17)9-4-3-7-15-8-9/h1-3,5-9,12H,4H2. The Morgan fingerprint density at radius 3 is 2.76 bits per heavy atom. The highest BCUT2D eigenvalue weighted by molar-refractivity contribution is 6.49. The summed E-state index contributed by atoms with van der Waals surface area (Å²) < 4.78 is 0. The summed E-state index contributed by atoms with van der Waals surface area (Å²) in [5.74, 6) is -0.973. The lowest BCUT2D eigenvalue weighted by atomic mass is 9.84. The first-order chi connectivity index (χ1) is 8.29. The molecule has 0 saturated carbocycles. The maximum atomic E-state index is 12.0.